The summed E-state index contributed by atoms with van der Waals surface area (Å²) in [5.41, 5.74) is 0. The topological polar surface area (TPSA) is 101 Å². The third-order valence-electron chi connectivity index (χ3n) is 2.68. The lowest BCUT2D eigenvalue weighted by Gasteiger charge is -2.14. The van der Waals surface area contributed by atoms with Gasteiger partial charge in [0, 0.05) is 0 Å². The fraction of sp³-hybridized carbons (Fsp3) is 0.400. The molecule has 0 aliphatic carbocycles. The van der Waals surface area contributed by atoms with Gasteiger partial charge in [-0.1, -0.05) is 18.2 Å². The number of hydrogen-bond acceptors (Lipinski definition) is 5. The molecule has 1 aromatic rings. The van der Waals surface area contributed by atoms with Gasteiger partial charge in [-0.25, -0.2) is 21.6 Å². The smallest absolute Gasteiger partial charge is 0.240 e. The van der Waals surface area contributed by atoms with Gasteiger partial charge in [-0.3, -0.25) is 0 Å². The number of hydrogen-bond donors (Lipinski definition) is 2. The lowest BCUT2D eigenvalue weighted by molar-refractivity contribution is 0.176. The standard InChI is InChI=1S/C10H13NO5S2/c12-10-7-17(13,14)6-9(10)11-18(15,16)8-4-2-1-3-5-8/h1-5,9-12H,6-7H2/t9-,10-/m0/s1. The van der Waals surface area contributed by atoms with Crippen molar-refractivity contribution in [2.24, 2.45) is 0 Å². The summed E-state index contributed by atoms with van der Waals surface area (Å²) in [6, 6.07) is 6.62. The molecule has 100 valence electrons. The Labute approximate surface area is 106 Å². The normalized spacial score (nSPS) is 27.2. The molecule has 2 atom stereocenters. The molecule has 1 aliphatic rings. The van der Waals surface area contributed by atoms with E-state index in [1.165, 1.54) is 12.1 Å². The fourth-order valence-electron chi connectivity index (χ4n) is 1.81. The fourth-order valence-corrected chi connectivity index (χ4v) is 4.95. The molecule has 1 heterocycles. The lowest BCUT2D eigenvalue weighted by Crippen LogP contribution is -2.42. The Bertz CT molecular complexity index is 623. The first kappa shape index (κ1) is 13.5. The Morgan fingerprint density at radius 1 is 1.17 bits per heavy atom. The maximum atomic E-state index is 11.9. The van der Waals surface area contributed by atoms with Gasteiger partial charge in [0.05, 0.1) is 28.5 Å². The largest absolute Gasteiger partial charge is 0.390 e. The molecule has 6 nitrogen and oxygen atoms in total. The zero-order valence-electron chi connectivity index (χ0n) is 9.35. The summed E-state index contributed by atoms with van der Waals surface area (Å²) in [4.78, 5) is 0.0431. The first-order valence-electron chi connectivity index (χ1n) is 5.26. The minimum absolute atomic E-state index is 0.0431. The van der Waals surface area contributed by atoms with Gasteiger partial charge in [0.2, 0.25) is 10.0 Å². The molecule has 0 unspecified atom stereocenters. The molecule has 18 heavy (non-hydrogen) atoms. The van der Waals surface area contributed by atoms with Crippen molar-refractivity contribution in [2.45, 2.75) is 17.0 Å². The van der Waals surface area contributed by atoms with Crippen LogP contribution >= 0.6 is 0 Å². The first-order chi connectivity index (χ1) is 8.30. The second-order valence-electron chi connectivity index (χ2n) is 4.19. The van der Waals surface area contributed by atoms with E-state index in [1.54, 1.807) is 18.2 Å². The lowest BCUT2D eigenvalue weighted by atomic mass is 10.2. The van der Waals surface area contributed by atoms with Crippen molar-refractivity contribution < 1.29 is 21.9 Å². The van der Waals surface area contributed by atoms with E-state index >= 15 is 0 Å². The van der Waals surface area contributed by atoms with Gasteiger partial charge in [0.15, 0.2) is 9.84 Å². The van der Waals surface area contributed by atoms with E-state index < -0.39 is 37.8 Å². The molecular formula is C10H13NO5S2. The summed E-state index contributed by atoms with van der Waals surface area (Å²) in [6.07, 6.45) is -1.20. The van der Waals surface area contributed by atoms with E-state index in [2.05, 4.69) is 4.72 Å². The van der Waals surface area contributed by atoms with Gasteiger partial charge in [-0.15, -0.1) is 0 Å². The van der Waals surface area contributed by atoms with E-state index in [4.69, 9.17) is 0 Å². The summed E-state index contributed by atoms with van der Waals surface area (Å²) >= 11 is 0. The predicted molar refractivity (Wildman–Crippen MR) is 65.2 cm³/mol. The van der Waals surface area contributed by atoms with Crippen molar-refractivity contribution in [3.63, 3.8) is 0 Å². The molecule has 8 heteroatoms. The van der Waals surface area contributed by atoms with Crippen LogP contribution in [-0.2, 0) is 19.9 Å². The summed E-state index contributed by atoms with van der Waals surface area (Å²) in [6.45, 7) is 0. The minimum Gasteiger partial charge on any atom is -0.390 e. The number of rotatable bonds is 3. The van der Waals surface area contributed by atoms with Crippen molar-refractivity contribution in [1.29, 1.82) is 0 Å². The Balaban J connectivity index is 2.20. The van der Waals surface area contributed by atoms with E-state index in [9.17, 15) is 21.9 Å². The molecule has 0 amide bonds. The summed E-state index contributed by atoms with van der Waals surface area (Å²) < 4.78 is 48.6. The minimum atomic E-state index is -3.80. The zero-order valence-corrected chi connectivity index (χ0v) is 11.0. The predicted octanol–water partition coefficient (Wildman–Crippen LogP) is -0.877. The quantitative estimate of drug-likeness (QED) is 0.753. The summed E-state index contributed by atoms with van der Waals surface area (Å²) in [5.74, 6) is -0.783. The van der Waals surface area contributed by atoms with Crippen LogP contribution in [0, 0.1) is 0 Å². The van der Waals surface area contributed by atoms with Gasteiger partial charge in [-0.05, 0) is 12.1 Å². The maximum Gasteiger partial charge on any atom is 0.240 e. The van der Waals surface area contributed by atoms with Crippen LogP contribution in [0.15, 0.2) is 35.2 Å². The average molecular weight is 291 g/mol. The van der Waals surface area contributed by atoms with E-state index in [1.807, 2.05) is 0 Å². The monoisotopic (exact) mass is 291 g/mol. The first-order valence-corrected chi connectivity index (χ1v) is 8.56. The highest BCUT2D eigenvalue weighted by atomic mass is 32.2. The Hall–Kier alpha value is -0.960. The van der Waals surface area contributed by atoms with Crippen LogP contribution in [0.4, 0.5) is 0 Å². The van der Waals surface area contributed by atoms with Crippen molar-refractivity contribution in [1.82, 2.24) is 4.72 Å². The van der Waals surface area contributed by atoms with Crippen molar-refractivity contribution >= 4 is 19.9 Å². The highest BCUT2D eigenvalue weighted by Gasteiger charge is 2.38. The van der Waals surface area contributed by atoms with Crippen LogP contribution in [0.3, 0.4) is 0 Å². The summed E-state index contributed by atoms with van der Waals surface area (Å²) in [5, 5.41) is 9.53. The molecule has 2 N–H and O–H groups in total. The van der Waals surface area contributed by atoms with Crippen molar-refractivity contribution in [3.8, 4) is 0 Å². The molecular weight excluding hydrogens is 278 g/mol. The molecule has 1 aliphatic heterocycles. The molecule has 0 saturated carbocycles. The number of benzene rings is 1. The number of aliphatic hydroxyl groups is 1. The second kappa shape index (κ2) is 4.61. The maximum absolute atomic E-state index is 11.9. The highest BCUT2D eigenvalue weighted by molar-refractivity contribution is 7.92. The van der Waals surface area contributed by atoms with Crippen LogP contribution < -0.4 is 4.72 Å². The van der Waals surface area contributed by atoms with Gasteiger partial charge < -0.3 is 5.11 Å². The number of sulfone groups is 1. The molecule has 0 radical (unpaired) electrons. The molecule has 2 rings (SSSR count). The molecule has 1 saturated heterocycles. The van der Waals surface area contributed by atoms with E-state index in [0.717, 1.165) is 0 Å². The Kier molecular flexibility index (Phi) is 3.45. The SMILES string of the molecule is O=S1(=O)C[C@H](NS(=O)(=O)c2ccccc2)[C@@H](O)C1. The third-order valence-corrected chi connectivity index (χ3v) is 5.90. The van der Waals surface area contributed by atoms with Crippen LogP contribution in [0.2, 0.25) is 0 Å². The number of sulfonamides is 1. The third kappa shape index (κ3) is 2.89. The van der Waals surface area contributed by atoms with Gasteiger partial charge in [0.1, 0.15) is 0 Å². The van der Waals surface area contributed by atoms with Crippen LogP contribution in [0.5, 0.6) is 0 Å². The molecule has 1 aromatic carbocycles. The van der Waals surface area contributed by atoms with Gasteiger partial charge in [-0.2, -0.15) is 0 Å². The molecule has 0 spiro atoms. The number of nitrogens with one attached hydrogen (secondary N) is 1. The average Bonchev–Trinajstić information content (AvgIpc) is 2.52. The molecule has 1 fully saturated rings. The molecule has 0 aromatic heterocycles. The van der Waals surface area contributed by atoms with Crippen LogP contribution in [-0.4, -0.2) is 45.6 Å². The highest BCUT2D eigenvalue weighted by Crippen LogP contribution is 2.16. The van der Waals surface area contributed by atoms with Gasteiger partial charge in [0.25, 0.3) is 0 Å². The summed E-state index contributed by atoms with van der Waals surface area (Å²) in [7, 11) is -7.18. The van der Waals surface area contributed by atoms with E-state index in [0.29, 0.717) is 0 Å². The Morgan fingerprint density at radius 3 is 2.28 bits per heavy atom. The number of aliphatic hydroxyl groups excluding tert-OH is 1. The van der Waals surface area contributed by atoms with Crippen LogP contribution in [0.25, 0.3) is 0 Å². The second-order valence-corrected chi connectivity index (χ2v) is 8.05. The molecule has 0 bridgehead atoms. The van der Waals surface area contributed by atoms with Crippen molar-refractivity contribution in [2.75, 3.05) is 11.5 Å². The Morgan fingerprint density at radius 2 is 1.78 bits per heavy atom. The van der Waals surface area contributed by atoms with E-state index in [-0.39, 0.29) is 10.6 Å². The van der Waals surface area contributed by atoms with Crippen LogP contribution in [0.1, 0.15) is 0 Å². The zero-order chi connectivity index (χ0) is 13.4. The van der Waals surface area contributed by atoms with Gasteiger partial charge >= 0.3 is 0 Å². The van der Waals surface area contributed by atoms with Crippen molar-refractivity contribution in [3.05, 3.63) is 30.3 Å².